The van der Waals surface area contributed by atoms with E-state index in [1.165, 1.54) is 6.21 Å². The zero-order valence-electron chi connectivity index (χ0n) is 7.00. The number of unbranched alkanes of at least 4 members (excludes halogenated alkanes) is 1. The maximum absolute atomic E-state index is 11.1. The highest BCUT2D eigenvalue weighted by Crippen LogP contribution is 1.93. The monoisotopic (exact) mass is 162 g/mol. The lowest BCUT2D eigenvalue weighted by atomic mass is 10.2. The first-order valence-corrected chi connectivity index (χ1v) is 3.96. The molecular formula is C9H10N2O. The molecule has 0 aromatic heterocycles. The molecule has 0 aliphatic carbocycles. The highest BCUT2D eigenvalue weighted by atomic mass is 16.1. The van der Waals surface area contributed by atoms with Crippen molar-refractivity contribution in [2.75, 3.05) is 0 Å². The topological polar surface area (TPSA) is 41.8 Å². The van der Waals surface area contributed by atoms with Crippen molar-refractivity contribution in [3.8, 4) is 11.8 Å². The second-order valence-electron chi connectivity index (χ2n) is 2.43. The van der Waals surface area contributed by atoms with Crippen molar-refractivity contribution in [3.63, 3.8) is 0 Å². The summed E-state index contributed by atoms with van der Waals surface area (Å²) in [4.78, 5) is 11.1. The molecule has 12 heavy (non-hydrogen) atoms. The highest BCUT2D eigenvalue weighted by Gasteiger charge is 2.09. The van der Waals surface area contributed by atoms with Crippen molar-refractivity contribution in [1.82, 2.24) is 0 Å². The largest absolute Gasteiger partial charge is 0.291 e. The number of nitrogens with zero attached hydrogens (tertiary/aromatic N) is 2. The molecule has 0 unspecified atom stereocenters. The molecule has 1 heterocycles. The van der Waals surface area contributed by atoms with Crippen LogP contribution in [0.1, 0.15) is 26.2 Å². The van der Waals surface area contributed by atoms with E-state index in [1.54, 1.807) is 0 Å². The number of rotatable bonds is 1. The smallest absolute Gasteiger partial charge is 0.197 e. The Bertz CT molecular complexity index is 291. The van der Waals surface area contributed by atoms with Crippen LogP contribution in [-0.2, 0) is 4.79 Å². The molecule has 0 bridgehead atoms. The van der Waals surface area contributed by atoms with Gasteiger partial charge in [0.2, 0.25) is 0 Å². The molecule has 0 saturated carbocycles. The number of Topliss-reactive ketones (excluding diaryl/α,β-unsaturated/α-hetero) is 1. The predicted molar refractivity (Wildman–Crippen MR) is 48.2 cm³/mol. The van der Waals surface area contributed by atoms with Gasteiger partial charge in [-0.2, -0.15) is 5.10 Å². The molecule has 1 aliphatic heterocycles. The molecule has 0 atom stereocenters. The summed E-state index contributed by atoms with van der Waals surface area (Å²) < 4.78 is 0. The fraction of sp³-hybridized carbons (Fsp3) is 0.444. The molecule has 1 rings (SSSR count). The maximum Gasteiger partial charge on any atom is 0.197 e. The Labute approximate surface area is 71.6 Å². The van der Waals surface area contributed by atoms with Crippen molar-refractivity contribution in [2.45, 2.75) is 26.2 Å². The van der Waals surface area contributed by atoms with E-state index in [4.69, 9.17) is 0 Å². The average Bonchev–Trinajstić information content (AvgIpc) is 2.09. The van der Waals surface area contributed by atoms with E-state index in [2.05, 4.69) is 22.0 Å². The minimum atomic E-state index is -0.0337. The normalized spacial score (nSPS) is 15.1. The highest BCUT2D eigenvalue weighted by molar-refractivity contribution is 6.48. The van der Waals surface area contributed by atoms with Gasteiger partial charge in [-0.15, -0.1) is 5.10 Å². The van der Waals surface area contributed by atoms with Crippen molar-refractivity contribution in [1.29, 1.82) is 0 Å². The molecule has 0 N–H and O–H groups in total. The van der Waals surface area contributed by atoms with Crippen molar-refractivity contribution in [3.05, 3.63) is 0 Å². The Morgan fingerprint density at radius 2 is 2.50 bits per heavy atom. The van der Waals surface area contributed by atoms with Gasteiger partial charge >= 0.3 is 0 Å². The van der Waals surface area contributed by atoms with E-state index in [0.29, 0.717) is 12.1 Å². The first-order valence-electron chi connectivity index (χ1n) is 3.96. The first kappa shape index (κ1) is 8.66. The van der Waals surface area contributed by atoms with Gasteiger partial charge in [-0.05, 0) is 12.3 Å². The van der Waals surface area contributed by atoms with E-state index < -0.39 is 0 Å². The Morgan fingerprint density at radius 1 is 1.67 bits per heavy atom. The van der Waals surface area contributed by atoms with Crippen molar-refractivity contribution in [2.24, 2.45) is 10.2 Å². The molecule has 1 aliphatic rings. The van der Waals surface area contributed by atoms with Gasteiger partial charge in [0.25, 0.3) is 0 Å². The first-order chi connectivity index (χ1) is 5.84. The molecule has 0 aromatic carbocycles. The lowest BCUT2D eigenvalue weighted by Crippen LogP contribution is -2.14. The van der Waals surface area contributed by atoms with Gasteiger partial charge in [0.05, 0.1) is 6.42 Å². The molecule has 0 fully saturated rings. The fourth-order valence-electron chi connectivity index (χ4n) is 0.741. The van der Waals surface area contributed by atoms with E-state index in [9.17, 15) is 4.79 Å². The van der Waals surface area contributed by atoms with Gasteiger partial charge in [-0.25, -0.2) is 0 Å². The van der Waals surface area contributed by atoms with E-state index in [1.807, 2.05) is 6.92 Å². The number of carbonyl (C=O) groups is 1. The molecular weight excluding hydrogens is 152 g/mol. The number of ketones is 1. The summed E-state index contributed by atoms with van der Waals surface area (Å²) in [5, 5.41) is 7.27. The second kappa shape index (κ2) is 4.45. The number of hydrogen-bond donors (Lipinski definition) is 0. The average molecular weight is 162 g/mol. The van der Waals surface area contributed by atoms with Gasteiger partial charge in [-0.3, -0.25) is 4.79 Å². The summed E-state index contributed by atoms with van der Waals surface area (Å²) in [6.07, 6.45) is 3.63. The summed E-state index contributed by atoms with van der Waals surface area (Å²) in [5.41, 5.74) is 0.297. The van der Waals surface area contributed by atoms with Crippen LogP contribution < -0.4 is 0 Å². The summed E-state index contributed by atoms with van der Waals surface area (Å²) in [6, 6.07) is 0. The molecule has 0 spiro atoms. The molecule has 0 saturated heterocycles. The van der Waals surface area contributed by atoms with Gasteiger partial charge in [0, 0.05) is 12.6 Å². The van der Waals surface area contributed by atoms with Crippen LogP contribution in [0, 0.1) is 11.8 Å². The third-order valence-corrected chi connectivity index (χ3v) is 1.36. The van der Waals surface area contributed by atoms with Gasteiger partial charge in [0.1, 0.15) is 0 Å². The van der Waals surface area contributed by atoms with Gasteiger partial charge in [0.15, 0.2) is 11.5 Å². The number of carbonyl (C=O) groups excluding carboxylic acids is 1. The molecule has 0 aromatic rings. The van der Waals surface area contributed by atoms with Crippen LogP contribution in [0.2, 0.25) is 0 Å². The maximum atomic E-state index is 11.1. The van der Waals surface area contributed by atoms with E-state index in [0.717, 1.165) is 12.8 Å². The Hall–Kier alpha value is -1.43. The minimum Gasteiger partial charge on any atom is -0.291 e. The second-order valence-corrected chi connectivity index (χ2v) is 2.43. The third-order valence-electron chi connectivity index (χ3n) is 1.36. The molecule has 0 radical (unpaired) electrons. The van der Waals surface area contributed by atoms with Crippen LogP contribution in [0.25, 0.3) is 0 Å². The fourth-order valence-corrected chi connectivity index (χ4v) is 0.741. The van der Waals surface area contributed by atoms with Gasteiger partial charge in [-0.1, -0.05) is 12.8 Å². The molecule has 3 heteroatoms. The predicted octanol–water partition coefficient (Wildman–Crippen LogP) is 1.19. The summed E-state index contributed by atoms with van der Waals surface area (Å²) in [5.74, 6) is 5.53. The molecule has 0 amide bonds. The lowest BCUT2D eigenvalue weighted by molar-refractivity contribution is -0.111. The summed E-state index contributed by atoms with van der Waals surface area (Å²) in [6.45, 7) is 2.04. The number of hydrogen-bond acceptors (Lipinski definition) is 3. The van der Waals surface area contributed by atoms with Crippen LogP contribution in [0.3, 0.4) is 0 Å². The summed E-state index contributed by atoms with van der Waals surface area (Å²) >= 11 is 0. The van der Waals surface area contributed by atoms with Crippen LogP contribution in [0.4, 0.5) is 0 Å². The molecule has 62 valence electrons. The quantitative estimate of drug-likeness (QED) is 0.534. The van der Waals surface area contributed by atoms with Crippen LogP contribution in [-0.4, -0.2) is 17.7 Å². The zero-order chi connectivity index (χ0) is 8.81. The van der Waals surface area contributed by atoms with Crippen molar-refractivity contribution < 1.29 is 4.79 Å². The third kappa shape index (κ3) is 2.31. The van der Waals surface area contributed by atoms with E-state index in [-0.39, 0.29) is 5.78 Å². The Morgan fingerprint density at radius 3 is 3.17 bits per heavy atom. The Kier molecular flexibility index (Phi) is 3.21. The standard InChI is InChI=1S/C9H10N2O/c1-2-3-4-5-8-9(12)6-7-10-11-8/h7H,2-3,6H2,1H3. The summed E-state index contributed by atoms with van der Waals surface area (Å²) in [7, 11) is 0. The van der Waals surface area contributed by atoms with Crippen LogP contribution >= 0.6 is 0 Å². The Balaban J connectivity index is 2.63. The van der Waals surface area contributed by atoms with Crippen LogP contribution in [0.5, 0.6) is 0 Å². The zero-order valence-corrected chi connectivity index (χ0v) is 7.00. The molecule has 3 nitrogen and oxygen atoms in total. The van der Waals surface area contributed by atoms with Crippen LogP contribution in [0.15, 0.2) is 10.2 Å². The van der Waals surface area contributed by atoms with Gasteiger partial charge < -0.3 is 0 Å². The SMILES string of the molecule is CCCC#CC1=NN=CCC1=O. The minimum absolute atomic E-state index is 0.0337. The van der Waals surface area contributed by atoms with Crippen molar-refractivity contribution >= 4 is 17.7 Å². The lowest BCUT2D eigenvalue weighted by Gasteiger charge is -1.96. The van der Waals surface area contributed by atoms with E-state index >= 15 is 0 Å².